The number of rotatable bonds is 6. The fourth-order valence-electron chi connectivity index (χ4n) is 4.44. The smallest absolute Gasteiger partial charge is 0.0881 e. The Morgan fingerprint density at radius 3 is 2.43 bits per heavy atom. The molecule has 3 nitrogen and oxygen atoms in total. The molecule has 0 spiro atoms. The van der Waals surface area contributed by atoms with Crippen LogP contribution in [0.2, 0.25) is 0 Å². The van der Waals surface area contributed by atoms with Crippen LogP contribution in [0, 0.1) is 17.8 Å². The van der Waals surface area contributed by atoms with E-state index < -0.39 is 0 Å². The van der Waals surface area contributed by atoms with Crippen LogP contribution in [0.3, 0.4) is 0 Å². The average molecular weight is 297 g/mol. The molecule has 1 N–H and O–H groups in total. The Hall–Kier alpha value is -0.120. The van der Waals surface area contributed by atoms with E-state index in [0.717, 1.165) is 57.0 Å². The molecule has 1 aliphatic carbocycles. The van der Waals surface area contributed by atoms with Gasteiger partial charge in [0.15, 0.2) is 0 Å². The lowest BCUT2D eigenvalue weighted by atomic mass is 9.68. The van der Waals surface area contributed by atoms with Gasteiger partial charge in [-0.05, 0) is 44.1 Å². The Kier molecular flexibility index (Phi) is 6.51. The number of ether oxygens (including phenoxy) is 2. The highest BCUT2D eigenvalue weighted by Crippen LogP contribution is 2.41. The Labute approximate surface area is 131 Å². The molecule has 0 aromatic carbocycles. The molecular weight excluding hydrogens is 262 g/mol. The molecule has 1 saturated carbocycles. The summed E-state index contributed by atoms with van der Waals surface area (Å²) >= 11 is 0. The van der Waals surface area contributed by atoms with Crippen molar-refractivity contribution < 1.29 is 9.47 Å². The SMILES string of the molecule is CCNC(C1CCC(C)C(C)C1)C1(OCC)CCOCC1. The summed E-state index contributed by atoms with van der Waals surface area (Å²) in [6, 6.07) is 0.487. The van der Waals surface area contributed by atoms with E-state index in [-0.39, 0.29) is 5.60 Å². The van der Waals surface area contributed by atoms with Crippen LogP contribution in [0.1, 0.15) is 59.8 Å². The van der Waals surface area contributed by atoms with Crippen molar-refractivity contribution in [1.29, 1.82) is 0 Å². The van der Waals surface area contributed by atoms with Gasteiger partial charge < -0.3 is 14.8 Å². The van der Waals surface area contributed by atoms with Crippen LogP contribution in [0.25, 0.3) is 0 Å². The molecule has 2 fully saturated rings. The lowest BCUT2D eigenvalue weighted by Crippen LogP contribution is -2.59. The van der Waals surface area contributed by atoms with Gasteiger partial charge in [-0.2, -0.15) is 0 Å². The number of hydrogen-bond acceptors (Lipinski definition) is 3. The molecule has 1 heterocycles. The third kappa shape index (κ3) is 4.00. The Balaban J connectivity index is 2.14. The van der Waals surface area contributed by atoms with Crippen LogP contribution < -0.4 is 5.32 Å². The van der Waals surface area contributed by atoms with Gasteiger partial charge in [-0.3, -0.25) is 0 Å². The Bertz CT molecular complexity index is 296. The summed E-state index contributed by atoms with van der Waals surface area (Å²) < 4.78 is 12.0. The molecule has 3 heteroatoms. The van der Waals surface area contributed by atoms with Crippen molar-refractivity contribution in [3.63, 3.8) is 0 Å². The van der Waals surface area contributed by atoms with Gasteiger partial charge in [-0.15, -0.1) is 0 Å². The molecule has 21 heavy (non-hydrogen) atoms. The highest BCUT2D eigenvalue weighted by molar-refractivity contribution is 5.00. The number of likely N-dealkylation sites (N-methyl/N-ethyl adjacent to an activating group) is 1. The fourth-order valence-corrected chi connectivity index (χ4v) is 4.44. The van der Waals surface area contributed by atoms with Gasteiger partial charge in [0.1, 0.15) is 0 Å². The second-order valence-electron chi connectivity index (χ2n) is 7.17. The minimum absolute atomic E-state index is 0.00598. The maximum absolute atomic E-state index is 6.36. The molecule has 0 aromatic heterocycles. The van der Waals surface area contributed by atoms with Gasteiger partial charge in [0.2, 0.25) is 0 Å². The van der Waals surface area contributed by atoms with E-state index in [1.807, 2.05) is 0 Å². The summed E-state index contributed by atoms with van der Waals surface area (Å²) in [5.41, 5.74) is -0.00598. The third-order valence-corrected chi connectivity index (χ3v) is 5.87. The maximum atomic E-state index is 6.36. The minimum Gasteiger partial charge on any atom is -0.381 e. The molecule has 0 bridgehead atoms. The van der Waals surface area contributed by atoms with E-state index in [0.29, 0.717) is 6.04 Å². The summed E-state index contributed by atoms with van der Waals surface area (Å²) in [5, 5.41) is 3.80. The molecule has 0 radical (unpaired) electrons. The quantitative estimate of drug-likeness (QED) is 0.812. The zero-order chi connectivity index (χ0) is 15.3. The van der Waals surface area contributed by atoms with Crippen molar-refractivity contribution in [2.75, 3.05) is 26.4 Å². The molecule has 124 valence electrons. The van der Waals surface area contributed by atoms with Crippen LogP contribution in [0.15, 0.2) is 0 Å². The van der Waals surface area contributed by atoms with Gasteiger partial charge in [0.05, 0.1) is 5.60 Å². The standard InChI is InChI=1S/C18H35NO2/c1-5-19-17(16-8-7-14(3)15(4)13-16)18(21-6-2)9-11-20-12-10-18/h14-17,19H,5-13H2,1-4H3. The van der Waals surface area contributed by atoms with E-state index in [1.54, 1.807) is 0 Å². The van der Waals surface area contributed by atoms with Crippen molar-refractivity contribution in [2.24, 2.45) is 17.8 Å². The van der Waals surface area contributed by atoms with E-state index in [2.05, 4.69) is 33.0 Å². The van der Waals surface area contributed by atoms with E-state index in [1.165, 1.54) is 19.3 Å². The topological polar surface area (TPSA) is 30.5 Å². The van der Waals surface area contributed by atoms with Crippen LogP contribution in [0.4, 0.5) is 0 Å². The second-order valence-corrected chi connectivity index (χ2v) is 7.17. The summed E-state index contributed by atoms with van der Waals surface area (Å²) in [7, 11) is 0. The highest BCUT2D eigenvalue weighted by Gasteiger charge is 2.45. The van der Waals surface area contributed by atoms with Crippen molar-refractivity contribution in [1.82, 2.24) is 5.32 Å². The first-order valence-electron chi connectivity index (χ1n) is 9.08. The van der Waals surface area contributed by atoms with Crippen LogP contribution >= 0.6 is 0 Å². The minimum atomic E-state index is -0.00598. The lowest BCUT2D eigenvalue weighted by molar-refractivity contribution is -0.140. The monoisotopic (exact) mass is 297 g/mol. The van der Waals surface area contributed by atoms with Gasteiger partial charge >= 0.3 is 0 Å². The Morgan fingerprint density at radius 1 is 1.14 bits per heavy atom. The van der Waals surface area contributed by atoms with E-state index in [4.69, 9.17) is 9.47 Å². The van der Waals surface area contributed by atoms with E-state index >= 15 is 0 Å². The average Bonchev–Trinajstić information content (AvgIpc) is 2.49. The van der Waals surface area contributed by atoms with Gasteiger partial charge in [0, 0.05) is 38.7 Å². The number of hydrogen-bond donors (Lipinski definition) is 1. The molecule has 4 unspecified atom stereocenters. The first kappa shape index (κ1) is 17.2. The number of nitrogens with one attached hydrogen (secondary N) is 1. The first-order valence-corrected chi connectivity index (χ1v) is 9.08. The van der Waals surface area contributed by atoms with Gasteiger partial charge in [-0.25, -0.2) is 0 Å². The molecule has 2 aliphatic rings. The lowest BCUT2D eigenvalue weighted by Gasteiger charge is -2.49. The summed E-state index contributed by atoms with van der Waals surface area (Å²) in [6.45, 7) is 12.7. The maximum Gasteiger partial charge on any atom is 0.0881 e. The molecule has 1 aliphatic heterocycles. The molecule has 0 amide bonds. The normalized spacial score (nSPS) is 34.6. The summed E-state index contributed by atoms with van der Waals surface area (Å²) in [6.07, 6.45) is 6.14. The van der Waals surface area contributed by atoms with Crippen molar-refractivity contribution in [2.45, 2.75) is 71.4 Å². The molecule has 0 aromatic rings. The van der Waals surface area contributed by atoms with Crippen LogP contribution in [-0.4, -0.2) is 38.0 Å². The van der Waals surface area contributed by atoms with Crippen molar-refractivity contribution in [3.8, 4) is 0 Å². The summed E-state index contributed by atoms with van der Waals surface area (Å²) in [5.74, 6) is 2.46. The molecular formula is C18H35NO2. The van der Waals surface area contributed by atoms with Gasteiger partial charge in [-0.1, -0.05) is 27.2 Å². The fraction of sp³-hybridized carbons (Fsp3) is 1.00. The Morgan fingerprint density at radius 2 is 1.86 bits per heavy atom. The van der Waals surface area contributed by atoms with Crippen LogP contribution in [-0.2, 0) is 9.47 Å². The molecule has 2 rings (SSSR count). The molecule has 4 atom stereocenters. The summed E-state index contributed by atoms with van der Waals surface area (Å²) in [4.78, 5) is 0. The highest BCUT2D eigenvalue weighted by atomic mass is 16.5. The van der Waals surface area contributed by atoms with Crippen molar-refractivity contribution >= 4 is 0 Å². The predicted molar refractivity (Wildman–Crippen MR) is 87.5 cm³/mol. The zero-order valence-electron chi connectivity index (χ0n) is 14.5. The zero-order valence-corrected chi connectivity index (χ0v) is 14.5. The molecule has 1 saturated heterocycles. The van der Waals surface area contributed by atoms with Crippen LogP contribution in [0.5, 0.6) is 0 Å². The predicted octanol–water partition coefficient (Wildman–Crippen LogP) is 3.62. The van der Waals surface area contributed by atoms with Crippen molar-refractivity contribution in [3.05, 3.63) is 0 Å². The van der Waals surface area contributed by atoms with E-state index in [9.17, 15) is 0 Å². The van der Waals surface area contributed by atoms with Gasteiger partial charge in [0.25, 0.3) is 0 Å². The second kappa shape index (κ2) is 7.94. The first-order chi connectivity index (χ1) is 10.1. The third-order valence-electron chi connectivity index (χ3n) is 5.87. The largest absolute Gasteiger partial charge is 0.381 e.